The van der Waals surface area contributed by atoms with Gasteiger partial charge in [0.15, 0.2) is 5.82 Å². The van der Waals surface area contributed by atoms with E-state index in [1.807, 2.05) is 24.3 Å². The standard InChI is InChI=1S/C24H25FN4O2/c25-17-13-27-29(14-17)24(16-26)9-11-28(12-10-24)23(30)31-15-22-20-7-3-1-5-18(20)19-6-2-4-8-21(19)22/h1-8,13-14,22H,9-12,15-16,26H2. The first-order chi connectivity index (χ1) is 15.1. The van der Waals surface area contributed by atoms with Gasteiger partial charge in [0.2, 0.25) is 0 Å². The molecule has 0 radical (unpaired) electrons. The summed E-state index contributed by atoms with van der Waals surface area (Å²) in [6, 6.07) is 16.6. The highest BCUT2D eigenvalue weighted by Crippen LogP contribution is 2.44. The molecule has 1 saturated heterocycles. The number of carbonyl (C=O) groups excluding carboxylic acids is 1. The van der Waals surface area contributed by atoms with Gasteiger partial charge in [-0.05, 0) is 35.1 Å². The number of hydrogen-bond donors (Lipinski definition) is 1. The van der Waals surface area contributed by atoms with Crippen LogP contribution in [0.4, 0.5) is 9.18 Å². The first-order valence-corrected chi connectivity index (χ1v) is 10.6. The van der Waals surface area contributed by atoms with Crippen molar-refractivity contribution in [3.63, 3.8) is 0 Å². The molecule has 3 aromatic rings. The van der Waals surface area contributed by atoms with Gasteiger partial charge in [0.05, 0.1) is 17.9 Å². The number of benzene rings is 2. The highest BCUT2D eigenvalue weighted by atomic mass is 19.1. The summed E-state index contributed by atoms with van der Waals surface area (Å²) in [5.41, 5.74) is 10.3. The largest absolute Gasteiger partial charge is 0.448 e. The van der Waals surface area contributed by atoms with Gasteiger partial charge in [-0.1, -0.05) is 48.5 Å². The van der Waals surface area contributed by atoms with E-state index in [4.69, 9.17) is 10.5 Å². The molecular weight excluding hydrogens is 395 g/mol. The monoisotopic (exact) mass is 420 g/mol. The Hall–Kier alpha value is -3.19. The molecule has 1 amide bonds. The lowest BCUT2D eigenvalue weighted by Gasteiger charge is -2.40. The van der Waals surface area contributed by atoms with E-state index in [-0.39, 0.29) is 17.8 Å². The van der Waals surface area contributed by atoms with E-state index in [0.717, 1.165) is 0 Å². The molecule has 1 aromatic heterocycles. The van der Waals surface area contributed by atoms with Crippen molar-refractivity contribution in [1.29, 1.82) is 0 Å². The fourth-order valence-corrected chi connectivity index (χ4v) is 4.88. The highest BCUT2D eigenvalue weighted by Gasteiger charge is 2.38. The number of halogens is 1. The number of nitrogens with two attached hydrogens (primary N) is 1. The van der Waals surface area contributed by atoms with Crippen LogP contribution in [0.1, 0.15) is 29.9 Å². The second kappa shape index (κ2) is 7.81. The van der Waals surface area contributed by atoms with E-state index in [1.165, 1.54) is 34.6 Å². The molecule has 7 heteroatoms. The Morgan fingerprint density at radius 3 is 2.26 bits per heavy atom. The zero-order valence-electron chi connectivity index (χ0n) is 17.2. The van der Waals surface area contributed by atoms with Crippen molar-refractivity contribution in [2.45, 2.75) is 24.3 Å². The van der Waals surface area contributed by atoms with Gasteiger partial charge in [-0.3, -0.25) is 4.68 Å². The van der Waals surface area contributed by atoms with Crippen molar-refractivity contribution in [2.75, 3.05) is 26.2 Å². The van der Waals surface area contributed by atoms with Gasteiger partial charge in [0.25, 0.3) is 0 Å². The van der Waals surface area contributed by atoms with Gasteiger partial charge in [-0.2, -0.15) is 5.10 Å². The summed E-state index contributed by atoms with van der Waals surface area (Å²) in [5, 5.41) is 4.11. The van der Waals surface area contributed by atoms with Crippen molar-refractivity contribution < 1.29 is 13.9 Å². The Labute approximate surface area is 180 Å². The molecule has 31 heavy (non-hydrogen) atoms. The Morgan fingerprint density at radius 2 is 1.71 bits per heavy atom. The maximum absolute atomic E-state index is 13.4. The number of amides is 1. The topological polar surface area (TPSA) is 73.4 Å². The van der Waals surface area contributed by atoms with E-state index in [2.05, 4.69) is 29.4 Å². The summed E-state index contributed by atoms with van der Waals surface area (Å²) in [4.78, 5) is 14.5. The molecule has 160 valence electrons. The minimum absolute atomic E-state index is 0.0383. The van der Waals surface area contributed by atoms with Crippen molar-refractivity contribution in [3.05, 3.63) is 77.9 Å². The van der Waals surface area contributed by atoms with Crippen LogP contribution >= 0.6 is 0 Å². The van der Waals surface area contributed by atoms with Gasteiger partial charge in [-0.25, -0.2) is 9.18 Å². The predicted octanol–water partition coefficient (Wildman–Crippen LogP) is 3.72. The lowest BCUT2D eigenvalue weighted by atomic mass is 9.88. The van der Waals surface area contributed by atoms with E-state index in [9.17, 15) is 9.18 Å². The molecule has 1 aliphatic carbocycles. The van der Waals surface area contributed by atoms with E-state index in [0.29, 0.717) is 39.1 Å². The zero-order valence-corrected chi connectivity index (χ0v) is 17.2. The van der Waals surface area contributed by atoms with Gasteiger partial charge in [-0.15, -0.1) is 0 Å². The van der Waals surface area contributed by atoms with Crippen molar-refractivity contribution >= 4 is 6.09 Å². The molecule has 0 saturated carbocycles. The number of fused-ring (bicyclic) bond motifs is 3. The number of hydrogen-bond acceptors (Lipinski definition) is 4. The molecule has 2 aliphatic rings. The Bertz CT molecular complexity index is 1060. The molecule has 1 fully saturated rings. The second-order valence-corrected chi connectivity index (χ2v) is 8.32. The molecule has 2 heterocycles. The normalized spacial score (nSPS) is 17.3. The van der Waals surface area contributed by atoms with Crippen LogP contribution in [0, 0.1) is 5.82 Å². The van der Waals surface area contributed by atoms with Gasteiger partial charge in [0.1, 0.15) is 6.61 Å². The second-order valence-electron chi connectivity index (χ2n) is 8.32. The van der Waals surface area contributed by atoms with Gasteiger partial charge >= 0.3 is 6.09 Å². The molecule has 2 aromatic carbocycles. The summed E-state index contributed by atoms with van der Waals surface area (Å²) < 4.78 is 20.8. The van der Waals surface area contributed by atoms with Crippen LogP contribution in [0.15, 0.2) is 60.9 Å². The quantitative estimate of drug-likeness (QED) is 0.698. The van der Waals surface area contributed by atoms with Crippen molar-refractivity contribution in [2.24, 2.45) is 5.73 Å². The third kappa shape index (κ3) is 3.39. The number of ether oxygens (including phenoxy) is 1. The van der Waals surface area contributed by atoms with Crippen LogP contribution in [0.2, 0.25) is 0 Å². The number of likely N-dealkylation sites (tertiary alicyclic amines) is 1. The van der Waals surface area contributed by atoms with Gasteiger partial charge in [0, 0.05) is 25.6 Å². The molecule has 0 atom stereocenters. The molecule has 6 nitrogen and oxygen atoms in total. The number of nitrogens with zero attached hydrogens (tertiary/aromatic N) is 3. The number of piperidine rings is 1. The van der Waals surface area contributed by atoms with Crippen LogP contribution in [-0.4, -0.2) is 47.0 Å². The lowest BCUT2D eigenvalue weighted by Crippen LogP contribution is -2.52. The van der Waals surface area contributed by atoms with Crippen LogP contribution in [0.5, 0.6) is 0 Å². The van der Waals surface area contributed by atoms with Gasteiger partial charge < -0.3 is 15.4 Å². The number of rotatable bonds is 4. The van der Waals surface area contributed by atoms with Crippen LogP contribution in [-0.2, 0) is 10.3 Å². The molecule has 1 aliphatic heterocycles. The molecule has 0 spiro atoms. The zero-order chi connectivity index (χ0) is 21.4. The third-order valence-electron chi connectivity index (χ3n) is 6.71. The molecule has 5 rings (SSSR count). The predicted molar refractivity (Wildman–Crippen MR) is 115 cm³/mol. The minimum atomic E-state index is -0.468. The summed E-state index contributed by atoms with van der Waals surface area (Å²) in [7, 11) is 0. The molecule has 2 N–H and O–H groups in total. The molecule has 0 bridgehead atoms. The van der Waals surface area contributed by atoms with Crippen LogP contribution < -0.4 is 5.73 Å². The van der Waals surface area contributed by atoms with Crippen LogP contribution in [0.3, 0.4) is 0 Å². The minimum Gasteiger partial charge on any atom is -0.448 e. The van der Waals surface area contributed by atoms with E-state index >= 15 is 0 Å². The summed E-state index contributed by atoms with van der Waals surface area (Å²) in [6.07, 6.45) is 3.45. The van der Waals surface area contributed by atoms with E-state index in [1.54, 1.807) is 9.58 Å². The fraction of sp³-hybridized carbons (Fsp3) is 0.333. The third-order valence-corrected chi connectivity index (χ3v) is 6.71. The summed E-state index contributed by atoms with van der Waals surface area (Å²) >= 11 is 0. The Morgan fingerprint density at radius 1 is 1.10 bits per heavy atom. The average Bonchev–Trinajstić information content (AvgIpc) is 3.39. The average molecular weight is 420 g/mol. The SMILES string of the molecule is NCC1(n2cc(F)cn2)CCN(C(=O)OCC2c3ccccc3-c3ccccc32)CC1. The maximum atomic E-state index is 13.4. The van der Waals surface area contributed by atoms with E-state index < -0.39 is 5.54 Å². The highest BCUT2D eigenvalue weighted by molar-refractivity contribution is 5.79. The molecule has 0 unspecified atom stereocenters. The number of carbonyl (C=O) groups is 1. The smallest absolute Gasteiger partial charge is 0.409 e. The first-order valence-electron chi connectivity index (χ1n) is 10.6. The first kappa shape index (κ1) is 19.8. The summed E-state index contributed by atoms with van der Waals surface area (Å²) in [6.45, 7) is 1.63. The van der Waals surface area contributed by atoms with Crippen LogP contribution in [0.25, 0.3) is 11.1 Å². The summed E-state index contributed by atoms with van der Waals surface area (Å²) in [5.74, 6) is -0.344. The van der Waals surface area contributed by atoms with Crippen molar-refractivity contribution in [3.8, 4) is 11.1 Å². The Kier molecular flexibility index (Phi) is 4.98. The molecular formula is C24H25FN4O2. The number of aromatic nitrogens is 2. The fourth-order valence-electron chi connectivity index (χ4n) is 4.88. The Balaban J connectivity index is 1.25. The lowest BCUT2D eigenvalue weighted by molar-refractivity contribution is 0.0650. The van der Waals surface area contributed by atoms with Crippen molar-refractivity contribution in [1.82, 2.24) is 14.7 Å². The maximum Gasteiger partial charge on any atom is 0.409 e.